The lowest BCUT2D eigenvalue weighted by Gasteiger charge is -2.34. The number of piperidine rings is 1. The highest BCUT2D eigenvalue weighted by molar-refractivity contribution is 5.60. The second kappa shape index (κ2) is 6.00. The lowest BCUT2D eigenvalue weighted by Crippen LogP contribution is -2.46. The Hall–Kier alpha value is -1.64. The van der Waals surface area contributed by atoms with Gasteiger partial charge < -0.3 is 10.6 Å². The van der Waals surface area contributed by atoms with Crippen LogP contribution in [0, 0.1) is 17.1 Å². The van der Waals surface area contributed by atoms with E-state index in [0.29, 0.717) is 12.1 Å². The maximum absolute atomic E-state index is 13.7. The summed E-state index contributed by atoms with van der Waals surface area (Å²) in [6.45, 7) is 3.85. The number of nitrogens with zero attached hydrogens (tertiary/aromatic N) is 3. The molecule has 2 saturated heterocycles. The third-order valence-corrected chi connectivity index (χ3v) is 4.70. The molecular weight excluding hydrogens is 267 g/mol. The predicted octanol–water partition coefficient (Wildman–Crippen LogP) is 1.70. The van der Waals surface area contributed by atoms with Crippen molar-refractivity contribution in [2.24, 2.45) is 5.73 Å². The standard InChI is InChI=1S/C16H21FN4/c17-15-2-1-3-16(14(15)10-18)21-9-6-13(11-21)20-7-4-12(19)5-8-20/h1-3,12-13H,4-9,11,19H2. The molecule has 1 unspecified atom stereocenters. The van der Waals surface area contributed by atoms with Crippen LogP contribution >= 0.6 is 0 Å². The molecule has 0 bridgehead atoms. The van der Waals surface area contributed by atoms with Crippen LogP contribution in [-0.2, 0) is 0 Å². The molecule has 0 spiro atoms. The molecule has 1 aromatic carbocycles. The third-order valence-electron chi connectivity index (χ3n) is 4.70. The monoisotopic (exact) mass is 288 g/mol. The molecule has 1 atom stereocenters. The molecule has 0 saturated carbocycles. The van der Waals surface area contributed by atoms with Crippen LogP contribution < -0.4 is 10.6 Å². The highest BCUT2D eigenvalue weighted by Crippen LogP contribution is 2.28. The van der Waals surface area contributed by atoms with E-state index in [1.165, 1.54) is 6.07 Å². The first-order chi connectivity index (χ1) is 10.2. The number of benzene rings is 1. The van der Waals surface area contributed by atoms with Crippen molar-refractivity contribution in [3.63, 3.8) is 0 Å². The first-order valence-electron chi connectivity index (χ1n) is 7.62. The second-order valence-corrected chi connectivity index (χ2v) is 6.01. The fraction of sp³-hybridized carbons (Fsp3) is 0.562. The summed E-state index contributed by atoms with van der Waals surface area (Å²) < 4.78 is 13.7. The Morgan fingerprint density at radius 3 is 2.67 bits per heavy atom. The minimum atomic E-state index is -0.428. The van der Waals surface area contributed by atoms with Crippen molar-refractivity contribution in [2.75, 3.05) is 31.1 Å². The average Bonchev–Trinajstić information content (AvgIpc) is 2.97. The van der Waals surface area contributed by atoms with Gasteiger partial charge in [0.25, 0.3) is 0 Å². The Morgan fingerprint density at radius 1 is 1.19 bits per heavy atom. The zero-order valence-corrected chi connectivity index (χ0v) is 12.1. The largest absolute Gasteiger partial charge is 0.369 e. The average molecular weight is 288 g/mol. The van der Waals surface area contributed by atoms with Gasteiger partial charge in [-0.2, -0.15) is 5.26 Å². The van der Waals surface area contributed by atoms with Crippen molar-refractivity contribution in [2.45, 2.75) is 31.3 Å². The third kappa shape index (κ3) is 2.87. The van der Waals surface area contributed by atoms with Gasteiger partial charge in [0.05, 0.1) is 5.69 Å². The van der Waals surface area contributed by atoms with Crippen LogP contribution in [0.1, 0.15) is 24.8 Å². The normalized spacial score (nSPS) is 24.2. The molecule has 2 heterocycles. The molecule has 2 aliphatic rings. The number of halogens is 1. The van der Waals surface area contributed by atoms with Crippen molar-refractivity contribution in [1.29, 1.82) is 5.26 Å². The minimum Gasteiger partial charge on any atom is -0.369 e. The second-order valence-electron chi connectivity index (χ2n) is 6.01. The fourth-order valence-corrected chi connectivity index (χ4v) is 3.43. The summed E-state index contributed by atoms with van der Waals surface area (Å²) >= 11 is 0. The molecule has 3 rings (SSSR count). The Morgan fingerprint density at radius 2 is 1.95 bits per heavy atom. The van der Waals surface area contributed by atoms with Gasteiger partial charge in [0.1, 0.15) is 17.4 Å². The smallest absolute Gasteiger partial charge is 0.143 e. The lowest BCUT2D eigenvalue weighted by molar-refractivity contribution is 0.163. The zero-order valence-electron chi connectivity index (χ0n) is 12.1. The maximum Gasteiger partial charge on any atom is 0.143 e. The van der Waals surface area contributed by atoms with Gasteiger partial charge in [-0.15, -0.1) is 0 Å². The van der Waals surface area contributed by atoms with Gasteiger partial charge in [-0.05, 0) is 44.5 Å². The Bertz CT molecular complexity index is 546. The summed E-state index contributed by atoms with van der Waals surface area (Å²) in [5.74, 6) is -0.428. The highest BCUT2D eigenvalue weighted by Gasteiger charge is 2.31. The molecule has 4 nitrogen and oxygen atoms in total. The van der Waals surface area contributed by atoms with Gasteiger partial charge in [-0.1, -0.05) is 6.07 Å². The van der Waals surface area contributed by atoms with Crippen LogP contribution in [-0.4, -0.2) is 43.2 Å². The molecule has 0 aliphatic carbocycles. The molecule has 2 N–H and O–H groups in total. The molecule has 112 valence electrons. The molecule has 5 heteroatoms. The minimum absolute atomic E-state index is 0.166. The van der Waals surface area contributed by atoms with Gasteiger partial charge in [-0.25, -0.2) is 4.39 Å². The molecular formula is C16H21FN4. The van der Waals surface area contributed by atoms with E-state index in [9.17, 15) is 4.39 Å². The summed E-state index contributed by atoms with van der Waals surface area (Å²) in [4.78, 5) is 4.63. The SMILES string of the molecule is N#Cc1c(F)cccc1N1CCC(N2CCC(N)CC2)C1. The summed E-state index contributed by atoms with van der Waals surface area (Å²) in [5, 5.41) is 9.16. The fourth-order valence-electron chi connectivity index (χ4n) is 3.43. The predicted molar refractivity (Wildman–Crippen MR) is 80.5 cm³/mol. The van der Waals surface area contributed by atoms with Crippen LogP contribution in [0.25, 0.3) is 0 Å². The Balaban J connectivity index is 1.70. The number of likely N-dealkylation sites (tertiary alicyclic amines) is 1. The van der Waals surface area contributed by atoms with Gasteiger partial charge in [-0.3, -0.25) is 4.90 Å². The molecule has 21 heavy (non-hydrogen) atoms. The quantitative estimate of drug-likeness (QED) is 0.900. The number of hydrogen-bond acceptors (Lipinski definition) is 4. The highest BCUT2D eigenvalue weighted by atomic mass is 19.1. The Labute approximate surface area is 124 Å². The number of nitrogens with two attached hydrogens (primary N) is 1. The summed E-state index contributed by atoms with van der Waals surface area (Å²) in [6, 6.07) is 7.70. The van der Waals surface area contributed by atoms with Gasteiger partial charge in [0.2, 0.25) is 0 Å². The van der Waals surface area contributed by atoms with E-state index >= 15 is 0 Å². The van der Waals surface area contributed by atoms with Gasteiger partial charge in [0.15, 0.2) is 0 Å². The molecule has 2 aliphatic heterocycles. The van der Waals surface area contributed by atoms with Crippen LogP contribution in [0.5, 0.6) is 0 Å². The van der Waals surface area contributed by atoms with E-state index in [1.807, 2.05) is 12.1 Å². The van der Waals surface area contributed by atoms with Crippen molar-refractivity contribution in [1.82, 2.24) is 4.90 Å². The molecule has 2 fully saturated rings. The Kier molecular flexibility index (Phi) is 4.09. The number of rotatable bonds is 2. The van der Waals surface area contributed by atoms with Crippen molar-refractivity contribution >= 4 is 5.69 Å². The summed E-state index contributed by atoms with van der Waals surface area (Å²) in [5.41, 5.74) is 6.85. The topological polar surface area (TPSA) is 56.3 Å². The van der Waals surface area contributed by atoms with Gasteiger partial charge >= 0.3 is 0 Å². The van der Waals surface area contributed by atoms with E-state index in [4.69, 9.17) is 11.0 Å². The van der Waals surface area contributed by atoms with Crippen LogP contribution in [0.2, 0.25) is 0 Å². The number of hydrogen-bond donors (Lipinski definition) is 1. The molecule has 0 radical (unpaired) electrons. The van der Waals surface area contributed by atoms with Crippen LogP contribution in [0.15, 0.2) is 18.2 Å². The summed E-state index contributed by atoms with van der Waals surface area (Å²) in [6.07, 6.45) is 3.18. The van der Waals surface area contributed by atoms with E-state index in [1.54, 1.807) is 6.07 Å². The van der Waals surface area contributed by atoms with E-state index in [-0.39, 0.29) is 5.56 Å². The van der Waals surface area contributed by atoms with Crippen molar-refractivity contribution in [3.8, 4) is 6.07 Å². The lowest BCUT2D eigenvalue weighted by atomic mass is 10.0. The molecule has 0 aromatic heterocycles. The maximum atomic E-state index is 13.7. The first-order valence-corrected chi connectivity index (χ1v) is 7.62. The van der Waals surface area contributed by atoms with Crippen molar-refractivity contribution < 1.29 is 4.39 Å². The summed E-state index contributed by atoms with van der Waals surface area (Å²) in [7, 11) is 0. The van der Waals surface area contributed by atoms with Gasteiger partial charge in [0, 0.05) is 25.2 Å². The van der Waals surface area contributed by atoms with E-state index in [0.717, 1.165) is 51.1 Å². The zero-order chi connectivity index (χ0) is 14.8. The number of anilines is 1. The number of nitriles is 1. The molecule has 1 aromatic rings. The van der Waals surface area contributed by atoms with Crippen LogP contribution in [0.3, 0.4) is 0 Å². The van der Waals surface area contributed by atoms with Crippen molar-refractivity contribution in [3.05, 3.63) is 29.6 Å². The van der Waals surface area contributed by atoms with E-state index < -0.39 is 5.82 Å². The van der Waals surface area contributed by atoms with E-state index in [2.05, 4.69) is 9.80 Å². The van der Waals surface area contributed by atoms with Crippen LogP contribution in [0.4, 0.5) is 10.1 Å². The first kappa shape index (κ1) is 14.3. The molecule has 0 amide bonds.